The van der Waals surface area contributed by atoms with E-state index in [4.69, 9.17) is 0 Å². The number of hydrogen-bond donors (Lipinski definition) is 0. The molecule has 0 radical (unpaired) electrons. The van der Waals surface area contributed by atoms with E-state index in [0.29, 0.717) is 23.8 Å². The van der Waals surface area contributed by atoms with Crippen LogP contribution in [0.5, 0.6) is 0 Å². The van der Waals surface area contributed by atoms with Crippen LogP contribution < -0.4 is 4.90 Å². The van der Waals surface area contributed by atoms with Crippen LogP contribution in [0.1, 0.15) is 38.6 Å². The number of benzene rings is 1. The largest absolute Gasteiger partial charge is 0.307 e. The molecule has 132 valence electrons. The second kappa shape index (κ2) is 6.05. The number of anilines is 1. The van der Waals surface area contributed by atoms with Crippen molar-refractivity contribution in [3.63, 3.8) is 0 Å². The zero-order chi connectivity index (χ0) is 18.4. The van der Waals surface area contributed by atoms with Crippen LogP contribution in [0, 0.1) is 27.7 Å². The Morgan fingerprint density at radius 3 is 2.54 bits per heavy atom. The molecule has 0 saturated heterocycles. The van der Waals surface area contributed by atoms with Crippen LogP contribution in [-0.4, -0.2) is 32.2 Å². The van der Waals surface area contributed by atoms with Crippen molar-refractivity contribution >= 4 is 11.6 Å². The molecule has 0 atom stereocenters. The molecule has 0 fully saturated rings. The first-order valence-corrected chi connectivity index (χ1v) is 8.73. The predicted octanol–water partition coefficient (Wildman–Crippen LogP) is 3.10. The topological polar surface area (TPSA) is 63.9 Å². The Balaban J connectivity index is 1.72. The number of aryl methyl sites for hydroxylation is 4. The number of para-hydroxylation sites is 1. The zero-order valence-electron chi connectivity index (χ0n) is 15.4. The van der Waals surface area contributed by atoms with E-state index in [-0.39, 0.29) is 5.91 Å². The number of carbonyl (C=O) groups is 1. The number of nitrogens with zero attached hydrogens (tertiary/aromatic N) is 5. The summed E-state index contributed by atoms with van der Waals surface area (Å²) in [5, 5.41) is 4.48. The molecule has 1 aliphatic heterocycles. The fourth-order valence-corrected chi connectivity index (χ4v) is 3.58. The molecule has 4 rings (SSSR count). The van der Waals surface area contributed by atoms with Crippen molar-refractivity contribution < 1.29 is 4.79 Å². The molecule has 0 saturated carbocycles. The molecule has 6 heteroatoms. The van der Waals surface area contributed by atoms with Crippen molar-refractivity contribution in [1.82, 2.24) is 19.7 Å². The van der Waals surface area contributed by atoms with Gasteiger partial charge in [0.05, 0.1) is 16.9 Å². The summed E-state index contributed by atoms with van der Waals surface area (Å²) in [6.07, 6.45) is 2.62. The number of amides is 1. The molecule has 0 aliphatic carbocycles. The van der Waals surface area contributed by atoms with E-state index in [1.54, 1.807) is 10.9 Å². The molecule has 0 N–H and O–H groups in total. The summed E-state index contributed by atoms with van der Waals surface area (Å²) in [5.74, 6) is 0.467. The average Bonchev–Trinajstić information content (AvgIpc) is 3.18. The van der Waals surface area contributed by atoms with E-state index in [0.717, 1.165) is 29.1 Å². The minimum Gasteiger partial charge on any atom is -0.307 e. The Labute approximate surface area is 152 Å². The normalized spacial score (nSPS) is 13.2. The first kappa shape index (κ1) is 16.4. The molecule has 3 aromatic rings. The van der Waals surface area contributed by atoms with E-state index in [9.17, 15) is 4.79 Å². The maximum Gasteiger partial charge on any atom is 0.261 e. The van der Waals surface area contributed by atoms with Crippen LogP contribution in [0.3, 0.4) is 0 Å². The van der Waals surface area contributed by atoms with Crippen LogP contribution in [0.4, 0.5) is 5.69 Å². The fraction of sp³-hybridized carbons (Fsp3) is 0.300. The minimum absolute atomic E-state index is 0.0221. The second-order valence-corrected chi connectivity index (χ2v) is 6.81. The summed E-state index contributed by atoms with van der Waals surface area (Å²) < 4.78 is 1.59. The molecule has 1 aliphatic rings. The average molecular weight is 347 g/mol. The van der Waals surface area contributed by atoms with Gasteiger partial charge in [0.25, 0.3) is 11.9 Å². The van der Waals surface area contributed by atoms with Crippen molar-refractivity contribution in [1.29, 1.82) is 0 Å². The molecular formula is C20H21N5O. The fourth-order valence-electron chi connectivity index (χ4n) is 3.58. The highest BCUT2D eigenvalue weighted by molar-refractivity contribution is 6.08. The first-order valence-electron chi connectivity index (χ1n) is 8.73. The lowest BCUT2D eigenvalue weighted by Gasteiger charge is -2.18. The minimum atomic E-state index is -0.0221. The summed E-state index contributed by atoms with van der Waals surface area (Å²) in [4.78, 5) is 23.9. The van der Waals surface area contributed by atoms with E-state index in [1.807, 2.05) is 50.8 Å². The van der Waals surface area contributed by atoms with E-state index >= 15 is 0 Å². The van der Waals surface area contributed by atoms with Gasteiger partial charge in [0, 0.05) is 24.1 Å². The van der Waals surface area contributed by atoms with Gasteiger partial charge in [0.15, 0.2) is 0 Å². The molecule has 0 unspecified atom stereocenters. The van der Waals surface area contributed by atoms with Gasteiger partial charge in [-0.05, 0) is 51.3 Å². The van der Waals surface area contributed by atoms with Gasteiger partial charge in [-0.25, -0.2) is 14.6 Å². The predicted molar refractivity (Wildman–Crippen MR) is 99.9 cm³/mol. The van der Waals surface area contributed by atoms with E-state index in [2.05, 4.69) is 21.1 Å². The highest BCUT2D eigenvalue weighted by atomic mass is 16.2. The van der Waals surface area contributed by atoms with Crippen LogP contribution in [0.2, 0.25) is 0 Å². The summed E-state index contributed by atoms with van der Waals surface area (Å²) in [5.41, 5.74) is 6.39. The van der Waals surface area contributed by atoms with Gasteiger partial charge in [-0.15, -0.1) is 0 Å². The second-order valence-electron chi connectivity index (χ2n) is 6.81. The van der Waals surface area contributed by atoms with Gasteiger partial charge in [0.2, 0.25) is 0 Å². The Kier molecular flexibility index (Phi) is 3.83. The highest BCUT2D eigenvalue weighted by Crippen LogP contribution is 2.32. The number of hydrogen-bond acceptors (Lipinski definition) is 4. The molecule has 0 bridgehead atoms. The Bertz CT molecular complexity index is 1000. The molecule has 1 aromatic carbocycles. The molecule has 0 spiro atoms. The van der Waals surface area contributed by atoms with Crippen molar-refractivity contribution in [3.8, 4) is 5.95 Å². The van der Waals surface area contributed by atoms with Crippen LogP contribution in [-0.2, 0) is 6.42 Å². The number of aromatic nitrogens is 4. The lowest BCUT2D eigenvalue weighted by atomic mass is 10.1. The van der Waals surface area contributed by atoms with Crippen LogP contribution in [0.15, 0.2) is 30.5 Å². The van der Waals surface area contributed by atoms with Crippen molar-refractivity contribution in [3.05, 3.63) is 64.2 Å². The SMILES string of the molecule is Cc1cc(C)nc(-n2cc(C(=O)N3CCc4cccc(C)c43)c(C)n2)n1. The maximum absolute atomic E-state index is 13.2. The summed E-state index contributed by atoms with van der Waals surface area (Å²) in [6, 6.07) is 8.10. The number of fused-ring (bicyclic) bond motifs is 1. The van der Waals surface area contributed by atoms with Crippen molar-refractivity contribution in [2.45, 2.75) is 34.1 Å². The summed E-state index contributed by atoms with van der Waals surface area (Å²) in [6.45, 7) is 8.43. The van der Waals surface area contributed by atoms with Gasteiger partial charge in [-0.1, -0.05) is 18.2 Å². The Morgan fingerprint density at radius 1 is 1.08 bits per heavy atom. The number of rotatable bonds is 2. The van der Waals surface area contributed by atoms with Gasteiger partial charge >= 0.3 is 0 Å². The lowest BCUT2D eigenvalue weighted by molar-refractivity contribution is 0.0988. The highest BCUT2D eigenvalue weighted by Gasteiger charge is 2.29. The molecule has 2 aromatic heterocycles. The Morgan fingerprint density at radius 2 is 1.81 bits per heavy atom. The summed E-state index contributed by atoms with van der Waals surface area (Å²) in [7, 11) is 0. The molecular weight excluding hydrogens is 326 g/mol. The van der Waals surface area contributed by atoms with Gasteiger partial charge in [-0.2, -0.15) is 5.10 Å². The maximum atomic E-state index is 13.2. The van der Waals surface area contributed by atoms with Crippen molar-refractivity contribution in [2.75, 3.05) is 11.4 Å². The monoisotopic (exact) mass is 347 g/mol. The van der Waals surface area contributed by atoms with Gasteiger partial charge in [-0.3, -0.25) is 4.79 Å². The zero-order valence-corrected chi connectivity index (χ0v) is 15.4. The molecule has 3 heterocycles. The van der Waals surface area contributed by atoms with Crippen LogP contribution in [0.25, 0.3) is 5.95 Å². The molecule has 6 nitrogen and oxygen atoms in total. The van der Waals surface area contributed by atoms with E-state index in [1.165, 1.54) is 5.56 Å². The molecule has 26 heavy (non-hydrogen) atoms. The first-order chi connectivity index (χ1) is 12.4. The molecule has 1 amide bonds. The number of carbonyl (C=O) groups excluding carboxylic acids is 1. The third-order valence-corrected chi connectivity index (χ3v) is 4.75. The quantitative estimate of drug-likeness (QED) is 0.714. The van der Waals surface area contributed by atoms with Crippen LogP contribution >= 0.6 is 0 Å². The lowest BCUT2D eigenvalue weighted by Crippen LogP contribution is -2.29. The third-order valence-electron chi connectivity index (χ3n) is 4.75. The van der Waals surface area contributed by atoms with Gasteiger partial charge < -0.3 is 4.90 Å². The Hall–Kier alpha value is -3.02. The summed E-state index contributed by atoms with van der Waals surface area (Å²) >= 11 is 0. The van der Waals surface area contributed by atoms with Crippen molar-refractivity contribution in [2.24, 2.45) is 0 Å². The third kappa shape index (κ3) is 2.67. The standard InChI is InChI=1S/C20H21N5O/c1-12-6-5-7-16-8-9-24(18(12)16)19(26)17-11-25(23-15(17)4)20-21-13(2)10-14(3)22-20/h5-7,10-11H,8-9H2,1-4H3. The smallest absolute Gasteiger partial charge is 0.261 e. The van der Waals surface area contributed by atoms with E-state index < -0.39 is 0 Å². The van der Waals surface area contributed by atoms with Gasteiger partial charge in [0.1, 0.15) is 0 Å².